The van der Waals surface area contributed by atoms with Crippen molar-refractivity contribution in [2.24, 2.45) is 0 Å². The number of hydroxylamine groups is 1. The molecule has 1 atom stereocenters. The van der Waals surface area contributed by atoms with Crippen molar-refractivity contribution >= 4 is 26.6 Å². The number of rotatable bonds is 11. The van der Waals surface area contributed by atoms with Crippen LogP contribution in [0.25, 0.3) is 22.0 Å². The number of amides is 1. The fourth-order valence-electron chi connectivity index (χ4n) is 4.53. The quantitative estimate of drug-likeness (QED) is 0.199. The van der Waals surface area contributed by atoms with Crippen molar-refractivity contribution in [1.29, 1.82) is 0 Å². The second-order valence-corrected chi connectivity index (χ2v) is 12.4. The summed E-state index contributed by atoms with van der Waals surface area (Å²) in [7, 11) is -3.91. The van der Waals surface area contributed by atoms with Crippen LogP contribution < -0.4 is 15.8 Å². The lowest BCUT2D eigenvalue weighted by molar-refractivity contribution is -0.131. The van der Waals surface area contributed by atoms with Crippen LogP contribution in [-0.4, -0.2) is 84.4 Å². The summed E-state index contributed by atoms with van der Waals surface area (Å²) in [5.41, 5.74) is 2.12. The van der Waals surface area contributed by atoms with E-state index in [0.717, 1.165) is 45.5 Å². The Balaban J connectivity index is 1.45. The van der Waals surface area contributed by atoms with Crippen LogP contribution in [0.5, 0.6) is 5.75 Å². The first-order chi connectivity index (χ1) is 19.0. The van der Waals surface area contributed by atoms with E-state index in [1.54, 1.807) is 24.3 Å². The zero-order chi connectivity index (χ0) is 28.9. The number of aryl methyl sites for hydroxylation is 1. The zero-order valence-corrected chi connectivity index (χ0v) is 23.2. The average molecular weight is 577 g/mol. The van der Waals surface area contributed by atoms with Crippen molar-refractivity contribution in [3.63, 3.8) is 0 Å². The number of benzene rings is 2. The first-order valence-electron chi connectivity index (χ1n) is 12.9. The average Bonchev–Trinajstić information content (AvgIpc) is 2.94. The number of halogens is 1. The van der Waals surface area contributed by atoms with Gasteiger partial charge in [0.2, 0.25) is 0 Å². The van der Waals surface area contributed by atoms with Gasteiger partial charge in [-0.05, 0) is 49.6 Å². The summed E-state index contributed by atoms with van der Waals surface area (Å²) in [6.45, 7) is 5.70. The lowest BCUT2D eigenvalue weighted by Gasteiger charge is -2.26. The Morgan fingerprint density at radius 2 is 1.95 bits per heavy atom. The third kappa shape index (κ3) is 6.49. The van der Waals surface area contributed by atoms with Crippen molar-refractivity contribution in [2.45, 2.75) is 31.1 Å². The summed E-state index contributed by atoms with van der Waals surface area (Å²) in [4.78, 5) is 31.7. The fourth-order valence-corrected chi connectivity index (χ4v) is 5.37. The van der Waals surface area contributed by atoms with Gasteiger partial charge in [0.25, 0.3) is 11.5 Å². The van der Waals surface area contributed by atoms with Gasteiger partial charge in [-0.15, -0.1) is 0 Å². The van der Waals surface area contributed by atoms with Gasteiger partial charge in [0.05, 0.1) is 37.1 Å². The van der Waals surface area contributed by atoms with Crippen molar-refractivity contribution in [3.8, 4) is 16.9 Å². The van der Waals surface area contributed by atoms with E-state index >= 15 is 0 Å². The second-order valence-electron chi connectivity index (χ2n) is 9.97. The molecule has 1 aliphatic rings. The van der Waals surface area contributed by atoms with Gasteiger partial charge in [0, 0.05) is 44.1 Å². The molecule has 4 rings (SSSR count). The molecule has 1 amide bonds. The maximum absolute atomic E-state index is 15.0. The summed E-state index contributed by atoms with van der Waals surface area (Å²) in [6.07, 6.45) is 2.68. The third-order valence-electron chi connectivity index (χ3n) is 7.30. The minimum Gasteiger partial charge on any atom is -0.493 e. The van der Waals surface area contributed by atoms with Gasteiger partial charge < -0.3 is 9.47 Å². The van der Waals surface area contributed by atoms with Crippen LogP contribution in [-0.2, 0) is 25.9 Å². The first-order valence-corrected chi connectivity index (χ1v) is 14.8. The Bertz CT molecular complexity index is 1540. The van der Waals surface area contributed by atoms with Crippen molar-refractivity contribution in [2.75, 3.05) is 45.7 Å². The Morgan fingerprint density at radius 3 is 2.62 bits per heavy atom. The van der Waals surface area contributed by atoms with Gasteiger partial charge in [0.1, 0.15) is 11.6 Å². The largest absolute Gasteiger partial charge is 0.493 e. The molecule has 1 saturated heterocycles. The highest BCUT2D eigenvalue weighted by atomic mass is 32.2. The van der Waals surface area contributed by atoms with Gasteiger partial charge in [-0.2, -0.15) is 0 Å². The molecule has 1 aliphatic heterocycles. The van der Waals surface area contributed by atoms with Gasteiger partial charge in [0.15, 0.2) is 14.6 Å². The highest BCUT2D eigenvalue weighted by Crippen LogP contribution is 2.28. The van der Waals surface area contributed by atoms with E-state index in [4.69, 9.17) is 14.7 Å². The molecule has 2 N–H and O–H groups in total. The number of carbonyl (C=O) groups is 1. The van der Waals surface area contributed by atoms with Gasteiger partial charge in [-0.3, -0.25) is 24.3 Å². The first kappa shape index (κ1) is 29.6. The Hall–Kier alpha value is -3.39. The molecule has 11 nitrogen and oxygen atoms in total. The van der Waals surface area contributed by atoms with Crippen LogP contribution in [0.15, 0.2) is 47.5 Å². The topological polar surface area (TPSA) is 140 Å². The highest BCUT2D eigenvalue weighted by Gasteiger charge is 2.43. The third-order valence-corrected chi connectivity index (χ3v) is 9.32. The number of ether oxygens (including phenoxy) is 2. The molecular weight excluding hydrogens is 543 g/mol. The molecule has 3 aromatic rings. The smallest absolute Gasteiger partial charge is 0.264 e. The van der Waals surface area contributed by atoms with Crippen LogP contribution in [0.1, 0.15) is 19.8 Å². The van der Waals surface area contributed by atoms with Crippen LogP contribution in [0.4, 0.5) is 4.39 Å². The Kier molecular flexibility index (Phi) is 9.19. The van der Waals surface area contributed by atoms with Crippen LogP contribution >= 0.6 is 0 Å². The summed E-state index contributed by atoms with van der Waals surface area (Å²) in [6, 6.07) is 9.39. The molecule has 0 radical (unpaired) electrons. The van der Waals surface area contributed by atoms with Crippen LogP contribution in [0.3, 0.4) is 0 Å². The lowest BCUT2D eigenvalue weighted by atomic mass is 10.0. The number of morpholine rings is 1. The molecule has 13 heteroatoms. The molecule has 216 valence electrons. The normalized spacial score (nSPS) is 16.0. The summed E-state index contributed by atoms with van der Waals surface area (Å²) >= 11 is 0. The number of fused-ring (bicyclic) bond motifs is 1. The maximum atomic E-state index is 15.0. The molecule has 1 aromatic heterocycles. The fraction of sp³-hybridized carbons (Fsp3) is 0.444. The summed E-state index contributed by atoms with van der Waals surface area (Å²) < 4.78 is 49.7. The van der Waals surface area contributed by atoms with Crippen LogP contribution in [0.2, 0.25) is 0 Å². The number of sulfone groups is 1. The molecule has 40 heavy (non-hydrogen) atoms. The van der Waals surface area contributed by atoms with Crippen LogP contribution in [0, 0.1) is 5.82 Å². The number of carbonyl (C=O) groups excluding carboxylic acids is 1. The number of nitrogens with one attached hydrogen (secondary N) is 1. The molecule has 0 aliphatic carbocycles. The van der Waals surface area contributed by atoms with E-state index in [1.807, 2.05) is 0 Å². The van der Waals surface area contributed by atoms with Crippen molar-refractivity contribution in [3.05, 3.63) is 58.9 Å². The lowest BCUT2D eigenvalue weighted by Crippen LogP contribution is -2.50. The van der Waals surface area contributed by atoms with Crippen molar-refractivity contribution < 1.29 is 32.3 Å². The van der Waals surface area contributed by atoms with E-state index in [1.165, 1.54) is 35.4 Å². The summed E-state index contributed by atoms with van der Waals surface area (Å²) in [5.74, 6) is -1.13. The summed E-state index contributed by atoms with van der Waals surface area (Å²) in [5, 5.41) is 9.24. The monoisotopic (exact) mass is 576 g/mol. The predicted octanol–water partition coefficient (Wildman–Crippen LogP) is 2.00. The minimum absolute atomic E-state index is 0.136. The second kappa shape index (κ2) is 12.4. The molecule has 0 spiro atoms. The van der Waals surface area contributed by atoms with E-state index in [0.29, 0.717) is 29.0 Å². The standard InChI is InChI=1S/C27H33FN4O7S/c1-27(26(34)30-35,40(2,36)37)8-10-32-18-29-24-16-19(4-6-22(24)25(32)33)21-7-5-20(17-23(21)28)39-13-3-9-31-11-14-38-15-12-31/h4-7,16-18,35H,3,8-15H2,1-2H3,(H,30,34)/t27-/m1/s1. The molecule has 0 unspecified atom stereocenters. The Labute approximate surface area is 231 Å². The van der Waals surface area contributed by atoms with Crippen molar-refractivity contribution in [1.82, 2.24) is 19.9 Å². The van der Waals surface area contributed by atoms with E-state index < -0.39 is 31.9 Å². The Morgan fingerprint density at radius 1 is 1.20 bits per heavy atom. The predicted molar refractivity (Wildman–Crippen MR) is 147 cm³/mol. The molecule has 2 aromatic carbocycles. The number of aromatic nitrogens is 2. The number of hydrogen-bond donors (Lipinski definition) is 2. The maximum Gasteiger partial charge on any atom is 0.264 e. The molecule has 0 saturated carbocycles. The zero-order valence-electron chi connectivity index (χ0n) is 22.4. The SMILES string of the molecule is C[C@@](CCn1cnc2cc(-c3ccc(OCCCN4CCOCC4)cc3F)ccc2c1=O)(C(=O)NO)S(C)(=O)=O. The van der Waals surface area contributed by atoms with E-state index in [-0.39, 0.29) is 18.4 Å². The molecule has 1 fully saturated rings. The molecular formula is C27H33FN4O7S. The van der Waals surface area contributed by atoms with E-state index in [9.17, 15) is 22.4 Å². The van der Waals surface area contributed by atoms with Gasteiger partial charge in [-0.25, -0.2) is 23.3 Å². The molecule has 0 bridgehead atoms. The molecule has 2 heterocycles. The highest BCUT2D eigenvalue weighted by molar-refractivity contribution is 7.92. The van der Waals surface area contributed by atoms with Gasteiger partial charge >= 0.3 is 0 Å². The number of hydrogen-bond acceptors (Lipinski definition) is 9. The number of nitrogens with zero attached hydrogens (tertiary/aromatic N) is 3. The minimum atomic E-state index is -3.91. The van der Waals surface area contributed by atoms with Gasteiger partial charge in [-0.1, -0.05) is 6.07 Å². The van der Waals surface area contributed by atoms with E-state index in [2.05, 4.69) is 9.88 Å².